The summed E-state index contributed by atoms with van der Waals surface area (Å²) in [6.07, 6.45) is 1.51. The van der Waals surface area contributed by atoms with E-state index in [4.69, 9.17) is 5.73 Å². The predicted octanol–water partition coefficient (Wildman–Crippen LogP) is 0.988. The maximum atomic E-state index is 12.4. The minimum absolute atomic E-state index is 0.119. The molecule has 0 bridgehead atoms. The Bertz CT molecular complexity index is 514. The van der Waals surface area contributed by atoms with Crippen molar-refractivity contribution in [2.75, 3.05) is 13.1 Å². The summed E-state index contributed by atoms with van der Waals surface area (Å²) in [5, 5.41) is 2.91. The van der Waals surface area contributed by atoms with Crippen LogP contribution in [0.3, 0.4) is 0 Å². The molecular weight excluding hydrogens is 266 g/mol. The molecule has 0 radical (unpaired) electrons. The number of carbonyl (C=O) groups is 2. The van der Waals surface area contributed by atoms with Gasteiger partial charge in [-0.1, -0.05) is 30.3 Å². The van der Waals surface area contributed by atoms with Crippen molar-refractivity contribution in [3.05, 3.63) is 35.9 Å². The van der Waals surface area contributed by atoms with E-state index in [0.717, 1.165) is 18.5 Å². The first-order valence-electron chi connectivity index (χ1n) is 7.34. The van der Waals surface area contributed by atoms with Crippen LogP contribution < -0.4 is 11.1 Å². The lowest BCUT2D eigenvalue weighted by molar-refractivity contribution is -0.130. The van der Waals surface area contributed by atoms with Crippen LogP contribution in [0.5, 0.6) is 0 Å². The number of nitrogens with two attached hydrogens (primary N) is 1. The minimum Gasteiger partial charge on any atom is -0.350 e. The molecule has 2 unspecified atom stereocenters. The van der Waals surface area contributed by atoms with Gasteiger partial charge in [0.2, 0.25) is 11.8 Å². The molecule has 0 aromatic heterocycles. The molecule has 1 aromatic rings. The highest BCUT2D eigenvalue weighted by atomic mass is 16.2. The quantitative estimate of drug-likeness (QED) is 0.848. The highest BCUT2D eigenvalue weighted by Gasteiger charge is 2.32. The lowest BCUT2D eigenvalue weighted by Gasteiger charge is -2.28. The molecule has 1 aliphatic heterocycles. The molecule has 1 aliphatic rings. The maximum absolute atomic E-state index is 12.4. The number of amides is 2. The number of likely N-dealkylation sites (tertiary alicyclic amines) is 1. The first-order valence-corrected chi connectivity index (χ1v) is 7.34. The third-order valence-electron chi connectivity index (χ3n) is 3.89. The number of rotatable bonds is 5. The highest BCUT2D eigenvalue weighted by molar-refractivity contribution is 5.87. The van der Waals surface area contributed by atoms with Crippen LogP contribution >= 0.6 is 0 Å². The van der Waals surface area contributed by atoms with Gasteiger partial charge in [0.1, 0.15) is 5.54 Å². The lowest BCUT2D eigenvalue weighted by atomic mass is 9.92. The van der Waals surface area contributed by atoms with E-state index in [9.17, 15) is 9.59 Å². The van der Waals surface area contributed by atoms with Crippen LogP contribution in [-0.2, 0) is 15.1 Å². The number of carbonyl (C=O) groups excluding carboxylic acids is 2. The smallest absolute Gasteiger partial charge is 0.244 e. The first kappa shape index (κ1) is 15.5. The molecule has 1 saturated heterocycles. The van der Waals surface area contributed by atoms with Crippen LogP contribution in [0.1, 0.15) is 32.3 Å². The third-order valence-corrected chi connectivity index (χ3v) is 3.89. The van der Waals surface area contributed by atoms with Crippen LogP contribution in [0.2, 0.25) is 0 Å². The largest absolute Gasteiger partial charge is 0.350 e. The summed E-state index contributed by atoms with van der Waals surface area (Å²) < 4.78 is 0. The first-order chi connectivity index (χ1) is 9.91. The third kappa shape index (κ3) is 3.61. The van der Waals surface area contributed by atoms with Gasteiger partial charge in [-0.2, -0.15) is 0 Å². The van der Waals surface area contributed by atoms with Crippen molar-refractivity contribution in [3.63, 3.8) is 0 Å². The van der Waals surface area contributed by atoms with Crippen molar-refractivity contribution in [3.8, 4) is 0 Å². The van der Waals surface area contributed by atoms with Crippen molar-refractivity contribution >= 4 is 11.8 Å². The fraction of sp³-hybridized carbons (Fsp3) is 0.500. The van der Waals surface area contributed by atoms with E-state index >= 15 is 0 Å². The Hall–Kier alpha value is -1.88. The minimum atomic E-state index is -1.08. The zero-order chi connectivity index (χ0) is 15.5. The van der Waals surface area contributed by atoms with Crippen LogP contribution in [-0.4, -0.2) is 35.8 Å². The van der Waals surface area contributed by atoms with Crippen molar-refractivity contribution in [1.82, 2.24) is 10.2 Å². The second kappa shape index (κ2) is 6.26. The van der Waals surface area contributed by atoms with E-state index in [1.165, 1.54) is 0 Å². The fourth-order valence-electron chi connectivity index (χ4n) is 2.56. The summed E-state index contributed by atoms with van der Waals surface area (Å²) >= 11 is 0. The normalized spacial score (nSPS) is 19.2. The molecule has 0 aliphatic carbocycles. The van der Waals surface area contributed by atoms with Crippen LogP contribution in [0, 0.1) is 0 Å². The Balaban J connectivity index is 1.95. The molecule has 114 valence electrons. The van der Waals surface area contributed by atoms with E-state index in [1.807, 2.05) is 37.3 Å². The van der Waals surface area contributed by atoms with E-state index in [-0.39, 0.29) is 17.9 Å². The standard InChI is InChI=1S/C16H23N3O2/c1-12(11-19-10-6-9-14(19)20)18-15(21)16(2,17)13-7-4-3-5-8-13/h3-5,7-8,12H,6,9-11,17H2,1-2H3,(H,18,21). The summed E-state index contributed by atoms with van der Waals surface area (Å²) in [7, 11) is 0. The monoisotopic (exact) mass is 289 g/mol. The van der Waals surface area contributed by atoms with Crippen LogP contribution in [0.15, 0.2) is 30.3 Å². The van der Waals surface area contributed by atoms with E-state index < -0.39 is 5.54 Å². The average Bonchev–Trinajstić information content (AvgIpc) is 2.85. The zero-order valence-electron chi connectivity index (χ0n) is 12.6. The van der Waals surface area contributed by atoms with Gasteiger partial charge in [-0.05, 0) is 25.8 Å². The summed E-state index contributed by atoms with van der Waals surface area (Å²) in [5.41, 5.74) is 5.86. The number of benzene rings is 1. The average molecular weight is 289 g/mol. The van der Waals surface area contributed by atoms with Crippen molar-refractivity contribution in [1.29, 1.82) is 0 Å². The number of nitrogens with one attached hydrogen (secondary N) is 1. The zero-order valence-corrected chi connectivity index (χ0v) is 12.6. The molecule has 3 N–H and O–H groups in total. The van der Waals surface area contributed by atoms with Crippen molar-refractivity contribution < 1.29 is 9.59 Å². The second-order valence-electron chi connectivity index (χ2n) is 5.89. The van der Waals surface area contributed by atoms with E-state index in [2.05, 4.69) is 5.32 Å². The topological polar surface area (TPSA) is 75.4 Å². The van der Waals surface area contributed by atoms with Gasteiger partial charge in [0.25, 0.3) is 0 Å². The summed E-state index contributed by atoms with van der Waals surface area (Å²) in [4.78, 5) is 25.8. The van der Waals surface area contributed by atoms with Gasteiger partial charge in [0.05, 0.1) is 0 Å². The van der Waals surface area contributed by atoms with Gasteiger partial charge < -0.3 is 16.0 Å². The molecule has 0 saturated carbocycles. The molecule has 2 atom stereocenters. The Labute approximate surface area is 125 Å². The van der Waals surface area contributed by atoms with Gasteiger partial charge in [0.15, 0.2) is 0 Å². The number of hydrogen-bond acceptors (Lipinski definition) is 3. The Morgan fingerprint density at radius 1 is 1.43 bits per heavy atom. The Morgan fingerprint density at radius 3 is 2.67 bits per heavy atom. The van der Waals surface area contributed by atoms with Gasteiger partial charge in [0, 0.05) is 25.6 Å². The lowest BCUT2D eigenvalue weighted by Crippen LogP contribution is -2.53. The summed E-state index contributed by atoms with van der Waals surface area (Å²) in [6.45, 7) is 4.91. The van der Waals surface area contributed by atoms with Gasteiger partial charge >= 0.3 is 0 Å². The van der Waals surface area contributed by atoms with Crippen LogP contribution in [0.4, 0.5) is 0 Å². The van der Waals surface area contributed by atoms with Gasteiger partial charge in [-0.3, -0.25) is 9.59 Å². The Morgan fingerprint density at radius 2 is 2.10 bits per heavy atom. The maximum Gasteiger partial charge on any atom is 0.244 e. The molecule has 0 spiro atoms. The van der Waals surface area contributed by atoms with E-state index in [1.54, 1.807) is 11.8 Å². The molecule has 1 aromatic carbocycles. The summed E-state index contributed by atoms with van der Waals surface area (Å²) in [5.74, 6) is -0.0671. The molecule has 5 nitrogen and oxygen atoms in total. The highest BCUT2D eigenvalue weighted by Crippen LogP contribution is 2.18. The molecule has 1 heterocycles. The number of hydrogen-bond donors (Lipinski definition) is 2. The predicted molar refractivity (Wildman–Crippen MR) is 81.4 cm³/mol. The second-order valence-corrected chi connectivity index (χ2v) is 5.89. The van der Waals surface area contributed by atoms with Crippen LogP contribution in [0.25, 0.3) is 0 Å². The molecule has 2 rings (SSSR count). The van der Waals surface area contributed by atoms with Gasteiger partial charge in [-0.15, -0.1) is 0 Å². The van der Waals surface area contributed by atoms with Gasteiger partial charge in [-0.25, -0.2) is 0 Å². The SMILES string of the molecule is CC(CN1CCCC1=O)NC(=O)C(C)(N)c1ccccc1. The molecule has 5 heteroatoms. The number of nitrogens with zero attached hydrogens (tertiary/aromatic N) is 1. The van der Waals surface area contributed by atoms with Crippen molar-refractivity contribution in [2.24, 2.45) is 5.73 Å². The fourth-order valence-corrected chi connectivity index (χ4v) is 2.56. The molecule has 21 heavy (non-hydrogen) atoms. The Kier molecular flexibility index (Phi) is 4.63. The molecule has 2 amide bonds. The molecule has 1 fully saturated rings. The van der Waals surface area contributed by atoms with Crippen molar-refractivity contribution in [2.45, 2.75) is 38.3 Å². The molecular formula is C16H23N3O2. The summed E-state index contributed by atoms with van der Waals surface area (Å²) in [6, 6.07) is 9.17. The van der Waals surface area contributed by atoms with E-state index in [0.29, 0.717) is 13.0 Å².